The number of pyridine rings is 1. The molecule has 0 aliphatic carbocycles. The molecule has 1 fully saturated rings. The van der Waals surface area contributed by atoms with Crippen molar-refractivity contribution in [2.75, 3.05) is 26.2 Å². The van der Waals surface area contributed by atoms with Gasteiger partial charge in [-0.1, -0.05) is 6.07 Å². The minimum absolute atomic E-state index is 0.0631. The Morgan fingerprint density at radius 3 is 2.78 bits per heavy atom. The van der Waals surface area contributed by atoms with Crippen LogP contribution in [-0.2, 0) is 11.3 Å². The lowest BCUT2D eigenvalue weighted by Crippen LogP contribution is -2.47. The third-order valence-electron chi connectivity index (χ3n) is 3.83. The van der Waals surface area contributed by atoms with Gasteiger partial charge in [-0.2, -0.15) is 0 Å². The lowest BCUT2D eigenvalue weighted by Gasteiger charge is -2.34. The van der Waals surface area contributed by atoms with Gasteiger partial charge in [-0.25, -0.2) is 4.98 Å². The van der Waals surface area contributed by atoms with Gasteiger partial charge in [0.25, 0.3) is 0 Å². The highest BCUT2D eigenvalue weighted by atomic mass is 32.1. The van der Waals surface area contributed by atoms with Crippen molar-refractivity contribution in [1.82, 2.24) is 19.8 Å². The normalized spacial score (nSPS) is 16.1. The zero-order valence-corrected chi connectivity index (χ0v) is 14.0. The van der Waals surface area contributed by atoms with Crippen molar-refractivity contribution in [2.24, 2.45) is 0 Å². The fourth-order valence-corrected chi connectivity index (χ4v) is 3.15. The van der Waals surface area contributed by atoms with Gasteiger partial charge in [0.2, 0.25) is 5.91 Å². The molecule has 5 nitrogen and oxygen atoms in total. The Hall–Kier alpha value is -2.05. The van der Waals surface area contributed by atoms with Gasteiger partial charge in [0, 0.05) is 50.4 Å². The highest BCUT2D eigenvalue weighted by Crippen LogP contribution is 2.11. The van der Waals surface area contributed by atoms with Gasteiger partial charge in [0.15, 0.2) is 0 Å². The van der Waals surface area contributed by atoms with Gasteiger partial charge < -0.3 is 4.90 Å². The Kier molecular flexibility index (Phi) is 5.15. The summed E-state index contributed by atoms with van der Waals surface area (Å²) in [5.41, 5.74) is 1.93. The van der Waals surface area contributed by atoms with E-state index in [4.69, 9.17) is 0 Å². The summed E-state index contributed by atoms with van der Waals surface area (Å²) >= 11 is 1.59. The zero-order chi connectivity index (χ0) is 16.1. The molecule has 0 spiro atoms. The molecule has 1 saturated heterocycles. The second-order valence-corrected chi connectivity index (χ2v) is 6.61. The van der Waals surface area contributed by atoms with E-state index in [2.05, 4.69) is 14.9 Å². The quantitative estimate of drug-likeness (QED) is 0.808. The van der Waals surface area contributed by atoms with Gasteiger partial charge in [-0.05, 0) is 25.1 Å². The molecule has 0 aromatic carbocycles. The Morgan fingerprint density at radius 1 is 1.30 bits per heavy atom. The molecule has 3 rings (SSSR count). The molecule has 0 N–H and O–H groups in total. The summed E-state index contributed by atoms with van der Waals surface area (Å²) in [5.74, 6) is 0.0631. The van der Waals surface area contributed by atoms with Crippen LogP contribution in [0.1, 0.15) is 16.4 Å². The predicted molar refractivity (Wildman–Crippen MR) is 92.0 cm³/mol. The third kappa shape index (κ3) is 4.46. The highest BCUT2D eigenvalue weighted by molar-refractivity contribution is 7.09. The number of rotatable bonds is 4. The number of amides is 1. The fraction of sp³-hybridized carbons (Fsp3) is 0.353. The molecule has 1 amide bonds. The summed E-state index contributed by atoms with van der Waals surface area (Å²) < 4.78 is 0. The average Bonchev–Trinajstić information content (AvgIpc) is 3.00. The third-order valence-corrected chi connectivity index (χ3v) is 4.62. The Bertz CT molecular complexity index is 675. The van der Waals surface area contributed by atoms with Crippen molar-refractivity contribution in [3.8, 4) is 0 Å². The van der Waals surface area contributed by atoms with E-state index in [1.165, 1.54) is 0 Å². The van der Waals surface area contributed by atoms with Crippen molar-refractivity contribution in [1.29, 1.82) is 0 Å². The largest absolute Gasteiger partial charge is 0.337 e. The maximum absolute atomic E-state index is 12.2. The molecule has 1 aliphatic heterocycles. The van der Waals surface area contributed by atoms with Crippen LogP contribution in [0, 0.1) is 6.92 Å². The molecule has 6 heteroatoms. The molecule has 0 bridgehead atoms. The molecule has 0 atom stereocenters. The van der Waals surface area contributed by atoms with E-state index in [0.717, 1.165) is 49.1 Å². The van der Waals surface area contributed by atoms with Gasteiger partial charge in [0.05, 0.1) is 16.4 Å². The van der Waals surface area contributed by atoms with Gasteiger partial charge in [-0.3, -0.25) is 14.7 Å². The fourth-order valence-electron chi connectivity index (χ4n) is 2.57. The second kappa shape index (κ2) is 7.48. The molecule has 2 aromatic rings. The van der Waals surface area contributed by atoms with Crippen molar-refractivity contribution >= 4 is 23.3 Å². The van der Waals surface area contributed by atoms with Crippen LogP contribution in [0.15, 0.2) is 35.9 Å². The van der Waals surface area contributed by atoms with Crippen molar-refractivity contribution < 1.29 is 4.79 Å². The van der Waals surface area contributed by atoms with E-state index in [1.807, 2.05) is 41.6 Å². The Balaban J connectivity index is 1.48. The molecule has 3 heterocycles. The first-order valence-electron chi connectivity index (χ1n) is 7.72. The molecule has 120 valence electrons. The molecular formula is C17H20N4OS. The predicted octanol–water partition coefficient (Wildman–Crippen LogP) is 2.20. The van der Waals surface area contributed by atoms with Crippen LogP contribution < -0.4 is 0 Å². The van der Waals surface area contributed by atoms with Crippen molar-refractivity contribution in [3.63, 3.8) is 0 Å². The lowest BCUT2D eigenvalue weighted by molar-refractivity contribution is -0.127. The molecular weight excluding hydrogens is 308 g/mol. The van der Waals surface area contributed by atoms with E-state index in [0.29, 0.717) is 0 Å². The molecule has 1 aliphatic rings. The maximum atomic E-state index is 12.2. The van der Waals surface area contributed by atoms with Crippen LogP contribution in [0.2, 0.25) is 0 Å². The van der Waals surface area contributed by atoms with Crippen molar-refractivity contribution in [3.05, 3.63) is 52.2 Å². The zero-order valence-electron chi connectivity index (χ0n) is 13.2. The van der Waals surface area contributed by atoms with Crippen molar-refractivity contribution in [2.45, 2.75) is 13.5 Å². The Morgan fingerprint density at radius 2 is 2.13 bits per heavy atom. The highest BCUT2D eigenvalue weighted by Gasteiger charge is 2.19. The number of hydrogen-bond donors (Lipinski definition) is 0. The van der Waals surface area contributed by atoms with Gasteiger partial charge in [0.1, 0.15) is 0 Å². The first-order valence-corrected chi connectivity index (χ1v) is 8.60. The number of carbonyl (C=O) groups is 1. The minimum Gasteiger partial charge on any atom is -0.337 e. The van der Waals surface area contributed by atoms with E-state index < -0.39 is 0 Å². The SMILES string of the molecule is Cc1nc(/C=C/C(=O)N2CCN(Cc3ccccn3)CC2)cs1. The number of hydrogen-bond acceptors (Lipinski definition) is 5. The molecule has 0 unspecified atom stereocenters. The van der Waals surface area contributed by atoms with Gasteiger partial charge in [-0.15, -0.1) is 11.3 Å². The Labute approximate surface area is 140 Å². The number of piperazine rings is 1. The van der Waals surface area contributed by atoms with Crippen LogP contribution in [0.5, 0.6) is 0 Å². The standard InChI is InChI=1S/C17H20N4OS/c1-14-19-16(13-23-14)5-6-17(22)21-10-8-20(9-11-21)12-15-4-2-3-7-18-15/h2-7,13H,8-12H2,1H3/b6-5+. The molecule has 0 radical (unpaired) electrons. The van der Waals surface area contributed by atoms with E-state index in [-0.39, 0.29) is 5.91 Å². The molecule has 23 heavy (non-hydrogen) atoms. The van der Waals surface area contributed by atoms with E-state index in [1.54, 1.807) is 23.5 Å². The maximum Gasteiger partial charge on any atom is 0.246 e. The first-order chi connectivity index (χ1) is 11.2. The van der Waals surface area contributed by atoms with Crippen LogP contribution in [0.3, 0.4) is 0 Å². The second-order valence-electron chi connectivity index (χ2n) is 5.55. The summed E-state index contributed by atoms with van der Waals surface area (Å²) in [5, 5.41) is 2.98. The van der Waals surface area contributed by atoms with Crippen LogP contribution in [0.25, 0.3) is 6.08 Å². The summed E-state index contributed by atoms with van der Waals surface area (Å²) in [7, 11) is 0. The van der Waals surface area contributed by atoms with Crippen LogP contribution in [-0.4, -0.2) is 51.9 Å². The molecule has 2 aromatic heterocycles. The smallest absolute Gasteiger partial charge is 0.246 e. The summed E-state index contributed by atoms with van der Waals surface area (Å²) in [4.78, 5) is 25.1. The van der Waals surface area contributed by atoms with E-state index in [9.17, 15) is 4.79 Å². The first kappa shape index (κ1) is 15.8. The topological polar surface area (TPSA) is 49.3 Å². The summed E-state index contributed by atoms with van der Waals surface area (Å²) in [6, 6.07) is 5.97. The number of aryl methyl sites for hydroxylation is 1. The molecule has 0 saturated carbocycles. The van der Waals surface area contributed by atoms with E-state index >= 15 is 0 Å². The lowest BCUT2D eigenvalue weighted by atomic mass is 10.2. The monoisotopic (exact) mass is 328 g/mol. The van der Waals surface area contributed by atoms with Crippen LogP contribution >= 0.6 is 11.3 Å². The number of nitrogens with zero attached hydrogens (tertiary/aromatic N) is 4. The summed E-state index contributed by atoms with van der Waals surface area (Å²) in [6.07, 6.45) is 5.25. The number of thiazole rings is 1. The summed E-state index contributed by atoms with van der Waals surface area (Å²) in [6.45, 7) is 6.08. The minimum atomic E-state index is 0.0631. The van der Waals surface area contributed by atoms with Gasteiger partial charge >= 0.3 is 0 Å². The number of aromatic nitrogens is 2. The van der Waals surface area contributed by atoms with Crippen LogP contribution in [0.4, 0.5) is 0 Å². The average molecular weight is 328 g/mol. The number of carbonyl (C=O) groups excluding carboxylic acids is 1.